The smallest absolute Gasteiger partial charge is 0.267 e. The zero-order valence-electron chi connectivity index (χ0n) is 14.8. The van der Waals surface area contributed by atoms with E-state index in [9.17, 15) is 9.59 Å². The van der Waals surface area contributed by atoms with Crippen LogP contribution in [0.4, 0.5) is 0 Å². The van der Waals surface area contributed by atoms with Crippen molar-refractivity contribution in [1.29, 1.82) is 0 Å². The molecule has 3 N–H and O–H groups in total. The maximum Gasteiger partial charge on any atom is 0.267 e. The third-order valence-electron chi connectivity index (χ3n) is 4.00. The van der Waals surface area contributed by atoms with Crippen LogP contribution in [0.25, 0.3) is 0 Å². The number of para-hydroxylation sites is 1. The lowest BCUT2D eigenvalue weighted by atomic mass is 9.87. The molecular formula is C18H24N4O3. The molecule has 0 spiro atoms. The Balaban J connectivity index is 2.30. The lowest BCUT2D eigenvalue weighted by Gasteiger charge is -2.28. The van der Waals surface area contributed by atoms with Gasteiger partial charge in [0.2, 0.25) is 0 Å². The number of primary amides is 1. The number of nitrogens with one attached hydrogen (secondary N) is 1. The molecular weight excluding hydrogens is 320 g/mol. The van der Waals surface area contributed by atoms with Crippen LogP contribution in [0.15, 0.2) is 34.5 Å². The first-order valence-corrected chi connectivity index (χ1v) is 8.43. The SMILES string of the molecule is CCCOc1ccccc1C(=O)NC1(C)C(CCC)=NN=C1C(N)=O. The maximum atomic E-state index is 12.9. The van der Waals surface area contributed by atoms with E-state index in [0.717, 1.165) is 12.8 Å². The maximum absolute atomic E-state index is 12.9. The van der Waals surface area contributed by atoms with Gasteiger partial charge >= 0.3 is 0 Å². The molecule has 25 heavy (non-hydrogen) atoms. The summed E-state index contributed by atoms with van der Waals surface area (Å²) in [5, 5.41) is 10.8. The minimum atomic E-state index is -1.11. The molecule has 1 aliphatic rings. The van der Waals surface area contributed by atoms with Crippen molar-refractivity contribution in [3.63, 3.8) is 0 Å². The standard InChI is InChI=1S/C18H24N4O3/c1-4-8-14-18(3,15(16(19)23)22-21-14)20-17(24)12-9-6-7-10-13(12)25-11-5-2/h6-7,9-10H,4-5,8,11H2,1-3H3,(H2,19,23)(H,20,24). The Hall–Kier alpha value is -2.70. The molecule has 0 bridgehead atoms. The van der Waals surface area contributed by atoms with Gasteiger partial charge in [-0.25, -0.2) is 0 Å². The number of nitrogens with two attached hydrogens (primary N) is 1. The second kappa shape index (κ2) is 7.92. The number of amides is 2. The van der Waals surface area contributed by atoms with E-state index >= 15 is 0 Å². The van der Waals surface area contributed by atoms with Crippen LogP contribution in [0.5, 0.6) is 5.75 Å². The molecule has 0 aliphatic carbocycles. The van der Waals surface area contributed by atoms with Crippen molar-refractivity contribution in [2.24, 2.45) is 15.9 Å². The number of carbonyl (C=O) groups excluding carboxylic acids is 2. The third kappa shape index (κ3) is 3.87. The van der Waals surface area contributed by atoms with Gasteiger partial charge in [-0.3, -0.25) is 9.59 Å². The third-order valence-corrected chi connectivity index (χ3v) is 4.00. The van der Waals surface area contributed by atoms with Crippen molar-refractivity contribution in [2.45, 2.75) is 45.6 Å². The first-order chi connectivity index (χ1) is 11.9. The number of benzene rings is 1. The molecule has 2 rings (SSSR count). The fourth-order valence-corrected chi connectivity index (χ4v) is 2.70. The van der Waals surface area contributed by atoms with Crippen molar-refractivity contribution in [1.82, 2.24) is 5.32 Å². The molecule has 1 unspecified atom stereocenters. The van der Waals surface area contributed by atoms with Crippen molar-refractivity contribution in [3.8, 4) is 5.75 Å². The average Bonchev–Trinajstić information content (AvgIpc) is 2.90. The quantitative estimate of drug-likeness (QED) is 0.754. The second-order valence-corrected chi connectivity index (χ2v) is 6.03. The summed E-state index contributed by atoms with van der Waals surface area (Å²) in [7, 11) is 0. The van der Waals surface area contributed by atoms with E-state index in [4.69, 9.17) is 10.5 Å². The highest BCUT2D eigenvalue weighted by molar-refractivity contribution is 6.48. The van der Waals surface area contributed by atoms with Crippen LogP contribution < -0.4 is 15.8 Å². The molecule has 1 heterocycles. The van der Waals surface area contributed by atoms with Crippen LogP contribution in [0.2, 0.25) is 0 Å². The van der Waals surface area contributed by atoms with Crippen LogP contribution >= 0.6 is 0 Å². The van der Waals surface area contributed by atoms with Gasteiger partial charge in [-0.15, -0.1) is 5.10 Å². The molecule has 1 atom stereocenters. The van der Waals surface area contributed by atoms with Crippen LogP contribution in [-0.2, 0) is 4.79 Å². The van der Waals surface area contributed by atoms with Gasteiger partial charge in [0.1, 0.15) is 11.3 Å². The van der Waals surface area contributed by atoms with E-state index in [-0.39, 0.29) is 11.6 Å². The molecule has 134 valence electrons. The summed E-state index contributed by atoms with van der Waals surface area (Å²) >= 11 is 0. The van der Waals surface area contributed by atoms with Gasteiger partial charge < -0.3 is 15.8 Å². The zero-order valence-corrected chi connectivity index (χ0v) is 14.8. The fraction of sp³-hybridized carbons (Fsp3) is 0.444. The summed E-state index contributed by atoms with van der Waals surface area (Å²) < 4.78 is 5.64. The first-order valence-electron chi connectivity index (χ1n) is 8.43. The van der Waals surface area contributed by atoms with E-state index in [1.807, 2.05) is 13.8 Å². The molecule has 0 saturated heterocycles. The normalized spacial score (nSPS) is 19.2. The zero-order chi connectivity index (χ0) is 18.4. The number of hydrogen-bond acceptors (Lipinski definition) is 5. The second-order valence-electron chi connectivity index (χ2n) is 6.03. The number of hydrogen-bond donors (Lipinski definition) is 2. The highest BCUT2D eigenvalue weighted by Crippen LogP contribution is 2.24. The van der Waals surface area contributed by atoms with Crippen molar-refractivity contribution >= 4 is 23.2 Å². The monoisotopic (exact) mass is 344 g/mol. The number of carbonyl (C=O) groups is 2. The van der Waals surface area contributed by atoms with Crippen molar-refractivity contribution in [2.75, 3.05) is 6.61 Å². The van der Waals surface area contributed by atoms with E-state index in [1.54, 1.807) is 31.2 Å². The topological polar surface area (TPSA) is 106 Å². The lowest BCUT2D eigenvalue weighted by molar-refractivity contribution is -0.112. The van der Waals surface area contributed by atoms with E-state index in [2.05, 4.69) is 15.5 Å². The molecule has 0 radical (unpaired) electrons. The van der Waals surface area contributed by atoms with Gasteiger partial charge in [-0.2, -0.15) is 5.10 Å². The van der Waals surface area contributed by atoms with E-state index in [1.165, 1.54) is 0 Å². The van der Waals surface area contributed by atoms with Crippen molar-refractivity contribution < 1.29 is 14.3 Å². The summed E-state index contributed by atoms with van der Waals surface area (Å²) in [5.74, 6) is -0.572. The van der Waals surface area contributed by atoms with Gasteiger partial charge in [0, 0.05) is 0 Å². The molecule has 0 saturated carbocycles. The largest absolute Gasteiger partial charge is 0.493 e. The Kier molecular flexibility index (Phi) is 5.90. The fourth-order valence-electron chi connectivity index (χ4n) is 2.70. The number of ether oxygens (including phenoxy) is 1. The van der Waals surface area contributed by atoms with Crippen LogP contribution in [0, 0.1) is 0 Å². The van der Waals surface area contributed by atoms with Crippen molar-refractivity contribution in [3.05, 3.63) is 29.8 Å². The molecule has 0 aromatic heterocycles. The summed E-state index contributed by atoms with van der Waals surface area (Å²) in [6.07, 6.45) is 2.24. The van der Waals surface area contributed by atoms with Gasteiger partial charge in [0.05, 0.1) is 17.9 Å². The first kappa shape index (κ1) is 18.6. The van der Waals surface area contributed by atoms with Gasteiger partial charge in [-0.1, -0.05) is 32.4 Å². The Labute approximate surface area is 147 Å². The molecule has 1 aliphatic heterocycles. The Morgan fingerprint density at radius 3 is 2.56 bits per heavy atom. The van der Waals surface area contributed by atoms with Crippen LogP contribution in [0.3, 0.4) is 0 Å². The average molecular weight is 344 g/mol. The Morgan fingerprint density at radius 2 is 1.92 bits per heavy atom. The summed E-state index contributed by atoms with van der Waals surface area (Å²) in [6, 6.07) is 6.98. The molecule has 2 amide bonds. The molecule has 1 aromatic rings. The number of nitrogens with zero attached hydrogens (tertiary/aromatic N) is 2. The highest BCUT2D eigenvalue weighted by Gasteiger charge is 2.44. The minimum absolute atomic E-state index is 0.0382. The predicted octanol–water partition coefficient (Wildman–Crippen LogP) is 2.06. The Bertz CT molecular complexity index is 727. The summed E-state index contributed by atoms with van der Waals surface area (Å²) in [6.45, 7) is 6.19. The van der Waals surface area contributed by atoms with Gasteiger partial charge in [-0.05, 0) is 31.9 Å². The summed E-state index contributed by atoms with van der Waals surface area (Å²) in [5.41, 5.74) is 5.35. The lowest BCUT2D eigenvalue weighted by Crippen LogP contribution is -2.59. The highest BCUT2D eigenvalue weighted by atomic mass is 16.5. The van der Waals surface area contributed by atoms with Gasteiger partial charge in [0.25, 0.3) is 11.8 Å². The molecule has 0 fully saturated rings. The molecule has 1 aromatic carbocycles. The van der Waals surface area contributed by atoms with Crippen LogP contribution in [0.1, 0.15) is 50.4 Å². The van der Waals surface area contributed by atoms with E-state index in [0.29, 0.717) is 30.1 Å². The summed E-state index contributed by atoms with van der Waals surface area (Å²) in [4.78, 5) is 24.6. The van der Waals surface area contributed by atoms with E-state index < -0.39 is 11.4 Å². The molecule has 7 heteroatoms. The van der Waals surface area contributed by atoms with Gasteiger partial charge in [0.15, 0.2) is 5.71 Å². The molecule has 7 nitrogen and oxygen atoms in total. The Morgan fingerprint density at radius 1 is 1.20 bits per heavy atom. The minimum Gasteiger partial charge on any atom is -0.493 e. The predicted molar refractivity (Wildman–Crippen MR) is 97.1 cm³/mol. The van der Waals surface area contributed by atoms with Crippen LogP contribution in [-0.4, -0.2) is 35.4 Å². The number of rotatable bonds is 8.